The van der Waals surface area contributed by atoms with Gasteiger partial charge in [-0.2, -0.15) is 0 Å². The standard InChI is InChI=1S/C22H39BO4Si/c1-14(2)19-13-16-12-17(27-28(8,9)22(5,6)7)10-11-18(16)20(15(3)4)21(19)26-23(24)25/h13-15,17,24-25H,10-12H2,1-9H3. The lowest BCUT2D eigenvalue weighted by molar-refractivity contribution is 0.164. The fraction of sp³-hybridized carbons (Fsp3) is 0.727. The number of fused-ring (bicyclic) bond motifs is 1. The first-order chi connectivity index (χ1) is 12.7. The van der Waals surface area contributed by atoms with Crippen molar-refractivity contribution in [2.75, 3.05) is 0 Å². The highest BCUT2D eigenvalue weighted by Gasteiger charge is 2.40. The Bertz CT molecular complexity index is 693. The van der Waals surface area contributed by atoms with Gasteiger partial charge in [-0.25, -0.2) is 0 Å². The number of hydrogen-bond donors (Lipinski definition) is 2. The van der Waals surface area contributed by atoms with E-state index in [1.165, 1.54) is 11.1 Å². The molecule has 0 heterocycles. The Morgan fingerprint density at radius 2 is 1.71 bits per heavy atom. The first kappa shape index (κ1) is 23.5. The van der Waals surface area contributed by atoms with E-state index in [1.54, 1.807) is 0 Å². The third-order valence-electron chi connectivity index (χ3n) is 6.40. The van der Waals surface area contributed by atoms with Crippen LogP contribution in [0, 0.1) is 0 Å². The molecule has 1 atom stereocenters. The Balaban J connectivity index is 2.46. The van der Waals surface area contributed by atoms with E-state index < -0.39 is 15.6 Å². The van der Waals surface area contributed by atoms with Crippen LogP contribution in [-0.2, 0) is 17.3 Å². The number of benzene rings is 1. The van der Waals surface area contributed by atoms with Gasteiger partial charge in [-0.1, -0.05) is 54.5 Å². The SMILES string of the molecule is CC(C)c1cc2c(c(C(C)C)c1OB(O)O)CCC(O[Si](C)(C)C(C)(C)C)C2. The van der Waals surface area contributed by atoms with Crippen LogP contribution < -0.4 is 4.65 Å². The van der Waals surface area contributed by atoms with Gasteiger partial charge in [-0.3, -0.25) is 0 Å². The molecule has 1 aromatic rings. The summed E-state index contributed by atoms with van der Waals surface area (Å²) in [5.74, 6) is 1.14. The van der Waals surface area contributed by atoms with Gasteiger partial charge in [0.1, 0.15) is 5.75 Å². The normalized spacial score (nSPS) is 17.8. The molecule has 6 heteroatoms. The third-order valence-corrected chi connectivity index (χ3v) is 10.9. The number of hydrogen-bond acceptors (Lipinski definition) is 4. The van der Waals surface area contributed by atoms with Crippen LogP contribution >= 0.6 is 0 Å². The van der Waals surface area contributed by atoms with E-state index in [0.717, 1.165) is 30.4 Å². The lowest BCUT2D eigenvalue weighted by atomic mass is 9.79. The zero-order chi connectivity index (χ0) is 21.4. The van der Waals surface area contributed by atoms with Gasteiger partial charge in [0.25, 0.3) is 0 Å². The summed E-state index contributed by atoms with van der Waals surface area (Å²) in [6.07, 6.45) is 3.12. The molecular formula is C22H39BO4Si. The predicted octanol–water partition coefficient (Wildman–Crippen LogP) is 5.16. The fourth-order valence-electron chi connectivity index (χ4n) is 3.91. The van der Waals surface area contributed by atoms with Gasteiger partial charge < -0.3 is 19.1 Å². The summed E-state index contributed by atoms with van der Waals surface area (Å²) in [6.45, 7) is 20.0. The highest BCUT2D eigenvalue weighted by atomic mass is 28.4. The molecule has 0 bridgehead atoms. The molecule has 0 spiro atoms. The van der Waals surface area contributed by atoms with Crippen LogP contribution in [0.5, 0.6) is 5.75 Å². The molecule has 1 aromatic carbocycles. The van der Waals surface area contributed by atoms with Crippen LogP contribution in [0.2, 0.25) is 18.1 Å². The van der Waals surface area contributed by atoms with Crippen molar-refractivity contribution in [3.63, 3.8) is 0 Å². The summed E-state index contributed by atoms with van der Waals surface area (Å²) in [4.78, 5) is 0. The lowest BCUT2D eigenvalue weighted by Gasteiger charge is -2.41. The average molecular weight is 406 g/mol. The van der Waals surface area contributed by atoms with E-state index in [0.29, 0.717) is 5.75 Å². The number of rotatable bonds is 6. The largest absolute Gasteiger partial charge is 0.707 e. The molecular weight excluding hydrogens is 367 g/mol. The minimum atomic E-state index is -1.81. The van der Waals surface area contributed by atoms with Gasteiger partial charge >= 0.3 is 7.32 Å². The Labute approximate surface area is 173 Å². The summed E-state index contributed by atoms with van der Waals surface area (Å²) < 4.78 is 12.2. The maximum atomic E-state index is 9.49. The molecule has 0 radical (unpaired) electrons. The first-order valence-corrected chi connectivity index (χ1v) is 13.5. The molecule has 0 aromatic heterocycles. The van der Waals surface area contributed by atoms with Crippen molar-refractivity contribution in [3.05, 3.63) is 28.3 Å². The van der Waals surface area contributed by atoms with E-state index in [1.807, 2.05) is 0 Å². The molecule has 28 heavy (non-hydrogen) atoms. The van der Waals surface area contributed by atoms with Crippen LogP contribution in [0.15, 0.2) is 6.07 Å². The summed E-state index contributed by atoms with van der Waals surface area (Å²) in [5.41, 5.74) is 4.82. The van der Waals surface area contributed by atoms with E-state index in [2.05, 4.69) is 67.6 Å². The summed E-state index contributed by atoms with van der Waals surface area (Å²) in [6, 6.07) is 2.21. The molecule has 1 unspecified atom stereocenters. The second-order valence-corrected chi connectivity index (χ2v) is 15.1. The predicted molar refractivity (Wildman–Crippen MR) is 120 cm³/mol. The third kappa shape index (κ3) is 5.02. The minimum Gasteiger partial charge on any atom is -0.512 e. The van der Waals surface area contributed by atoms with E-state index in [4.69, 9.17) is 9.08 Å². The highest BCUT2D eigenvalue weighted by Crippen LogP contribution is 2.44. The Kier molecular flexibility index (Phi) is 7.13. The summed E-state index contributed by atoms with van der Waals surface area (Å²) in [7, 11) is -3.61. The molecule has 0 amide bonds. The van der Waals surface area contributed by atoms with Gasteiger partial charge in [-0.15, -0.1) is 0 Å². The Hall–Kier alpha value is -0.818. The molecule has 1 aliphatic rings. The van der Waals surface area contributed by atoms with E-state index >= 15 is 0 Å². The maximum absolute atomic E-state index is 9.49. The smallest absolute Gasteiger partial charge is 0.512 e. The van der Waals surface area contributed by atoms with E-state index in [9.17, 15) is 10.0 Å². The van der Waals surface area contributed by atoms with E-state index in [-0.39, 0.29) is 23.0 Å². The highest BCUT2D eigenvalue weighted by molar-refractivity contribution is 6.74. The first-order valence-electron chi connectivity index (χ1n) is 10.6. The topological polar surface area (TPSA) is 58.9 Å². The van der Waals surface area contributed by atoms with Gasteiger partial charge in [0.2, 0.25) is 0 Å². The molecule has 2 rings (SSSR count). The van der Waals surface area contributed by atoms with Crippen LogP contribution in [0.4, 0.5) is 0 Å². The zero-order valence-corrected chi connectivity index (χ0v) is 20.2. The Morgan fingerprint density at radius 3 is 2.18 bits per heavy atom. The summed E-state index contributed by atoms with van der Waals surface area (Å²) >= 11 is 0. The maximum Gasteiger partial charge on any atom is 0.707 e. The molecule has 0 saturated heterocycles. The van der Waals surface area contributed by atoms with Gasteiger partial charge in [0.15, 0.2) is 8.32 Å². The van der Waals surface area contributed by atoms with Crippen LogP contribution in [-0.4, -0.2) is 31.8 Å². The van der Waals surface area contributed by atoms with Gasteiger partial charge in [-0.05, 0) is 71.5 Å². The fourth-order valence-corrected chi connectivity index (χ4v) is 5.29. The van der Waals surface area contributed by atoms with Crippen LogP contribution in [0.25, 0.3) is 0 Å². The molecule has 0 fully saturated rings. The zero-order valence-electron chi connectivity index (χ0n) is 19.2. The molecule has 1 aliphatic carbocycles. The molecule has 158 valence electrons. The average Bonchev–Trinajstić information content (AvgIpc) is 2.51. The second kappa shape index (κ2) is 8.51. The molecule has 0 saturated carbocycles. The van der Waals surface area contributed by atoms with Crippen molar-refractivity contribution in [2.45, 2.75) is 104 Å². The molecule has 2 N–H and O–H groups in total. The second-order valence-electron chi connectivity index (χ2n) is 10.3. The molecule has 0 aliphatic heterocycles. The monoisotopic (exact) mass is 406 g/mol. The van der Waals surface area contributed by atoms with Gasteiger partial charge in [0.05, 0.1) is 0 Å². The van der Waals surface area contributed by atoms with Crippen molar-refractivity contribution in [1.29, 1.82) is 0 Å². The minimum absolute atomic E-state index is 0.203. The van der Waals surface area contributed by atoms with Crippen LogP contribution in [0.3, 0.4) is 0 Å². The summed E-state index contributed by atoms with van der Waals surface area (Å²) in [5, 5.41) is 19.2. The Morgan fingerprint density at radius 1 is 1.11 bits per heavy atom. The van der Waals surface area contributed by atoms with Crippen molar-refractivity contribution in [3.8, 4) is 5.75 Å². The van der Waals surface area contributed by atoms with Crippen molar-refractivity contribution >= 4 is 15.6 Å². The van der Waals surface area contributed by atoms with Crippen LogP contribution in [0.1, 0.15) is 89.0 Å². The molecule has 4 nitrogen and oxygen atoms in total. The van der Waals surface area contributed by atoms with Crippen molar-refractivity contribution in [1.82, 2.24) is 0 Å². The van der Waals surface area contributed by atoms with Crippen molar-refractivity contribution < 1.29 is 19.1 Å². The lowest BCUT2D eigenvalue weighted by Crippen LogP contribution is -2.45. The quantitative estimate of drug-likeness (QED) is 0.641. The van der Waals surface area contributed by atoms with Gasteiger partial charge in [0, 0.05) is 6.10 Å². The van der Waals surface area contributed by atoms with Crippen molar-refractivity contribution in [2.24, 2.45) is 0 Å².